The van der Waals surface area contributed by atoms with E-state index in [-0.39, 0.29) is 11.8 Å². The second-order valence-corrected chi connectivity index (χ2v) is 8.17. The lowest BCUT2D eigenvalue weighted by Gasteiger charge is -2.42. The van der Waals surface area contributed by atoms with Crippen molar-refractivity contribution < 1.29 is 19.3 Å². The molecule has 3 aromatic carbocycles. The second-order valence-electron chi connectivity index (χ2n) is 8.17. The van der Waals surface area contributed by atoms with Gasteiger partial charge in [-0.3, -0.25) is 4.90 Å². The average Bonchev–Trinajstić information content (AvgIpc) is 2.81. The molecule has 0 aromatic heterocycles. The lowest BCUT2D eigenvalue weighted by molar-refractivity contribution is 0.157. The summed E-state index contributed by atoms with van der Waals surface area (Å²) < 4.78 is 17.3. The Labute approximate surface area is 182 Å². The molecule has 0 saturated heterocycles. The molecule has 2 aliphatic rings. The van der Waals surface area contributed by atoms with Crippen molar-refractivity contribution >= 4 is 0 Å². The Hall–Kier alpha value is -3.18. The number of nitrogens with zero attached hydrogens (tertiary/aromatic N) is 1. The molecular weight excluding hydrogens is 390 g/mol. The standard InChI is InChI=1S/C26H27NO4/c1-29-24-13-19-10-11-27-15-21-18(8-9-23(28)26(21)30-2)12-22(27)20(19)14-25(24)31-16-17-6-4-3-5-7-17/h3-9,13-14,22,28H,10-12,15-16H2,1-2H3/t22-/m1/s1. The number of hydrogen-bond acceptors (Lipinski definition) is 5. The highest BCUT2D eigenvalue weighted by atomic mass is 16.5. The molecule has 0 amide bonds. The van der Waals surface area contributed by atoms with E-state index in [0.29, 0.717) is 12.4 Å². The van der Waals surface area contributed by atoms with Crippen LogP contribution in [0.5, 0.6) is 23.0 Å². The SMILES string of the molecule is COc1cc2c(cc1OCc1ccccc1)[C@H]1Cc3ccc(O)c(OC)c3CN1CC2. The number of benzene rings is 3. The van der Waals surface area contributed by atoms with Gasteiger partial charge in [0.1, 0.15) is 6.61 Å². The minimum absolute atomic E-state index is 0.207. The Bertz CT molecular complexity index is 1100. The molecule has 3 aromatic rings. The van der Waals surface area contributed by atoms with E-state index < -0.39 is 0 Å². The van der Waals surface area contributed by atoms with Crippen LogP contribution in [0.15, 0.2) is 54.6 Å². The lowest BCUT2D eigenvalue weighted by atomic mass is 9.83. The molecule has 2 aliphatic heterocycles. The van der Waals surface area contributed by atoms with Crippen LogP contribution in [0, 0.1) is 0 Å². The van der Waals surface area contributed by atoms with Crippen molar-refractivity contribution in [2.45, 2.75) is 32.0 Å². The summed E-state index contributed by atoms with van der Waals surface area (Å²) in [6.07, 6.45) is 1.83. The van der Waals surface area contributed by atoms with Crippen molar-refractivity contribution in [3.8, 4) is 23.0 Å². The van der Waals surface area contributed by atoms with Gasteiger partial charge in [0.15, 0.2) is 23.0 Å². The first-order valence-electron chi connectivity index (χ1n) is 10.7. The summed E-state index contributed by atoms with van der Waals surface area (Å²) in [6.45, 7) is 2.23. The van der Waals surface area contributed by atoms with Gasteiger partial charge < -0.3 is 19.3 Å². The normalized spacial score (nSPS) is 17.3. The number of rotatable bonds is 5. The first-order valence-corrected chi connectivity index (χ1v) is 10.7. The molecule has 0 saturated carbocycles. The summed E-state index contributed by atoms with van der Waals surface area (Å²) in [5, 5.41) is 10.2. The van der Waals surface area contributed by atoms with Crippen molar-refractivity contribution in [3.63, 3.8) is 0 Å². The summed E-state index contributed by atoms with van der Waals surface area (Å²) in [6, 6.07) is 18.5. The van der Waals surface area contributed by atoms with E-state index in [1.54, 1.807) is 20.3 Å². The first kappa shape index (κ1) is 19.8. The number of fused-ring (bicyclic) bond motifs is 4. The molecule has 0 bridgehead atoms. The zero-order valence-electron chi connectivity index (χ0n) is 17.9. The zero-order valence-corrected chi connectivity index (χ0v) is 17.9. The van der Waals surface area contributed by atoms with Gasteiger partial charge in [0.2, 0.25) is 0 Å². The van der Waals surface area contributed by atoms with Gasteiger partial charge in [-0.25, -0.2) is 0 Å². The highest BCUT2D eigenvalue weighted by Crippen LogP contribution is 2.45. The van der Waals surface area contributed by atoms with E-state index in [1.165, 1.54) is 16.7 Å². The van der Waals surface area contributed by atoms with Gasteiger partial charge in [-0.15, -0.1) is 0 Å². The zero-order chi connectivity index (χ0) is 21.4. The lowest BCUT2D eigenvalue weighted by Crippen LogP contribution is -2.39. The third-order valence-electron chi connectivity index (χ3n) is 6.45. The summed E-state index contributed by atoms with van der Waals surface area (Å²) in [5.41, 5.74) is 6.07. The van der Waals surface area contributed by atoms with Crippen LogP contribution in [-0.2, 0) is 26.0 Å². The smallest absolute Gasteiger partial charge is 0.165 e. The van der Waals surface area contributed by atoms with Gasteiger partial charge >= 0.3 is 0 Å². The van der Waals surface area contributed by atoms with Crippen LogP contribution in [0.4, 0.5) is 0 Å². The molecular formula is C26H27NO4. The van der Waals surface area contributed by atoms with E-state index in [2.05, 4.69) is 29.2 Å². The maximum atomic E-state index is 10.2. The first-order chi connectivity index (χ1) is 15.2. The number of ether oxygens (including phenoxy) is 3. The molecule has 0 unspecified atom stereocenters. The Morgan fingerprint density at radius 1 is 0.968 bits per heavy atom. The largest absolute Gasteiger partial charge is 0.504 e. The summed E-state index contributed by atoms with van der Waals surface area (Å²) in [5.74, 6) is 2.37. The topological polar surface area (TPSA) is 51.2 Å². The van der Waals surface area contributed by atoms with Crippen molar-refractivity contribution in [1.29, 1.82) is 0 Å². The second kappa shape index (κ2) is 8.16. The van der Waals surface area contributed by atoms with E-state index in [0.717, 1.165) is 48.6 Å². The molecule has 1 atom stereocenters. The summed E-state index contributed by atoms with van der Waals surface area (Å²) in [4.78, 5) is 2.47. The van der Waals surface area contributed by atoms with Crippen molar-refractivity contribution in [2.24, 2.45) is 0 Å². The maximum absolute atomic E-state index is 10.2. The van der Waals surface area contributed by atoms with Crippen LogP contribution >= 0.6 is 0 Å². The van der Waals surface area contributed by atoms with Gasteiger partial charge in [-0.05, 0) is 53.3 Å². The fraction of sp³-hybridized carbons (Fsp3) is 0.308. The van der Waals surface area contributed by atoms with Gasteiger partial charge in [-0.1, -0.05) is 36.4 Å². The minimum atomic E-state index is 0.207. The van der Waals surface area contributed by atoms with Gasteiger partial charge in [0.05, 0.1) is 14.2 Å². The Morgan fingerprint density at radius 3 is 2.58 bits per heavy atom. The van der Waals surface area contributed by atoms with Crippen LogP contribution in [0.2, 0.25) is 0 Å². The fourth-order valence-electron chi connectivity index (χ4n) is 4.86. The van der Waals surface area contributed by atoms with E-state index in [9.17, 15) is 5.11 Å². The van der Waals surface area contributed by atoms with Crippen molar-refractivity contribution in [1.82, 2.24) is 4.90 Å². The van der Waals surface area contributed by atoms with Crippen LogP contribution in [0.1, 0.15) is 33.9 Å². The van der Waals surface area contributed by atoms with Crippen LogP contribution in [0.25, 0.3) is 0 Å². The van der Waals surface area contributed by atoms with Gasteiger partial charge in [0, 0.05) is 24.7 Å². The minimum Gasteiger partial charge on any atom is -0.504 e. The number of phenols is 1. The number of phenolic OH excluding ortho intramolecular Hbond substituents is 1. The van der Waals surface area contributed by atoms with E-state index >= 15 is 0 Å². The van der Waals surface area contributed by atoms with E-state index in [4.69, 9.17) is 14.2 Å². The predicted molar refractivity (Wildman–Crippen MR) is 119 cm³/mol. The number of methoxy groups -OCH3 is 2. The monoisotopic (exact) mass is 417 g/mol. The molecule has 5 nitrogen and oxygen atoms in total. The maximum Gasteiger partial charge on any atom is 0.165 e. The third kappa shape index (κ3) is 3.59. The van der Waals surface area contributed by atoms with Crippen LogP contribution in [-0.4, -0.2) is 30.8 Å². The van der Waals surface area contributed by atoms with Crippen molar-refractivity contribution in [3.05, 3.63) is 82.4 Å². The third-order valence-corrected chi connectivity index (χ3v) is 6.45. The van der Waals surface area contributed by atoms with E-state index in [1.807, 2.05) is 24.3 Å². The Balaban J connectivity index is 1.48. The Kier molecular flexibility index (Phi) is 5.20. The molecule has 0 radical (unpaired) electrons. The van der Waals surface area contributed by atoms with Gasteiger partial charge in [-0.2, -0.15) is 0 Å². The Morgan fingerprint density at radius 2 is 1.81 bits per heavy atom. The summed E-state index contributed by atoms with van der Waals surface area (Å²) >= 11 is 0. The molecule has 1 N–H and O–H groups in total. The molecule has 0 fully saturated rings. The molecule has 2 heterocycles. The highest BCUT2D eigenvalue weighted by Gasteiger charge is 2.34. The quantitative estimate of drug-likeness (QED) is 0.655. The van der Waals surface area contributed by atoms with Crippen LogP contribution in [0.3, 0.4) is 0 Å². The van der Waals surface area contributed by atoms with Gasteiger partial charge in [0.25, 0.3) is 0 Å². The van der Waals surface area contributed by atoms with Crippen LogP contribution < -0.4 is 14.2 Å². The van der Waals surface area contributed by atoms with Crippen molar-refractivity contribution in [2.75, 3.05) is 20.8 Å². The molecule has 31 heavy (non-hydrogen) atoms. The summed E-state index contributed by atoms with van der Waals surface area (Å²) in [7, 11) is 3.32. The predicted octanol–water partition coefficient (Wildman–Crippen LogP) is 4.64. The molecule has 0 aliphatic carbocycles. The average molecular weight is 418 g/mol. The molecule has 0 spiro atoms. The number of hydrogen-bond donors (Lipinski definition) is 1. The number of aromatic hydroxyl groups is 1. The molecule has 5 rings (SSSR count). The molecule has 5 heteroatoms. The molecule has 160 valence electrons. The fourth-order valence-corrected chi connectivity index (χ4v) is 4.86. The highest BCUT2D eigenvalue weighted by molar-refractivity contribution is 5.54.